The van der Waals surface area contributed by atoms with Gasteiger partial charge in [-0.3, -0.25) is 0 Å². The molecule has 0 bridgehead atoms. The Hall–Kier alpha value is -6.86. The molecule has 7 aromatic rings. The van der Waals surface area contributed by atoms with Crippen molar-refractivity contribution in [1.29, 1.82) is 0 Å². The van der Waals surface area contributed by atoms with Gasteiger partial charge in [0.1, 0.15) is 58.8 Å². The molecule has 2 fully saturated rings. The van der Waals surface area contributed by atoms with E-state index in [1.165, 1.54) is 31.5 Å². The summed E-state index contributed by atoms with van der Waals surface area (Å²) in [5, 5.41) is 4.57. The van der Waals surface area contributed by atoms with Gasteiger partial charge in [-0.05, 0) is 120 Å². The van der Waals surface area contributed by atoms with Crippen LogP contribution in [-0.2, 0) is 24.0 Å². The van der Waals surface area contributed by atoms with Gasteiger partial charge >= 0.3 is 12.2 Å². The summed E-state index contributed by atoms with van der Waals surface area (Å²) in [6, 6.07) is 16.6. The molecule has 0 aliphatic carbocycles. The van der Waals surface area contributed by atoms with Gasteiger partial charge in [0.15, 0.2) is 12.0 Å². The quantitative estimate of drug-likeness (QED) is 0.0961. The summed E-state index contributed by atoms with van der Waals surface area (Å²) in [6.45, 7) is 7.21. The first-order chi connectivity index (χ1) is 34.7. The van der Waals surface area contributed by atoms with Crippen LogP contribution >= 0.6 is 0 Å². The number of pyridine rings is 2. The molecule has 3 aliphatic heterocycles. The molecule has 0 spiro atoms. The number of hydrogen-bond acceptors (Lipinski definition) is 13. The van der Waals surface area contributed by atoms with Crippen molar-refractivity contribution < 1.29 is 45.6 Å². The summed E-state index contributed by atoms with van der Waals surface area (Å²) >= 11 is 0. The van der Waals surface area contributed by atoms with E-state index in [0.29, 0.717) is 54.5 Å². The first-order valence-electron chi connectivity index (χ1n) is 24.2. The Bertz CT molecular complexity index is 3050. The third-order valence-electron chi connectivity index (χ3n) is 14.1. The predicted molar refractivity (Wildman–Crippen MR) is 262 cm³/mol. The first-order valence-corrected chi connectivity index (χ1v) is 24.2. The Morgan fingerprint density at radius 3 is 2.22 bits per heavy atom. The number of fused-ring (bicyclic) bond motifs is 1. The van der Waals surface area contributed by atoms with Crippen LogP contribution in [-0.4, -0.2) is 94.3 Å². The molecular weight excluding hydrogens is 938 g/mol. The van der Waals surface area contributed by atoms with Crippen LogP contribution in [0.4, 0.5) is 33.6 Å². The smallest absolute Gasteiger partial charge is 0.417 e. The van der Waals surface area contributed by atoms with Gasteiger partial charge in [0, 0.05) is 42.3 Å². The molecule has 19 heteroatoms. The number of anilines is 2. The minimum atomic E-state index is -4.93. The van der Waals surface area contributed by atoms with E-state index in [1.54, 1.807) is 18.9 Å². The van der Waals surface area contributed by atoms with Crippen molar-refractivity contribution in [1.82, 2.24) is 34.6 Å². The van der Waals surface area contributed by atoms with Crippen molar-refractivity contribution >= 4 is 33.4 Å². The number of halogens is 5. The SMILES string of the molecule is COc1ccc(CN(Cc2ccc(OC)cc2)c2ncc(F)cc2[C@@H](C)N2c3nc(OC[C@@H]4CCCN4C)nc4c(F)c(-c5c(C(F)(F)F)c(C)cc6c5cnn6C5CCCCO5)nc(c34)OC[C@@H]2C)cc1. The molecule has 72 heavy (non-hydrogen) atoms. The lowest BCUT2D eigenvalue weighted by Crippen LogP contribution is -2.40. The average Bonchev–Trinajstić information content (AvgIpc) is 3.96. The Morgan fingerprint density at radius 2 is 1.60 bits per heavy atom. The molecule has 3 aliphatic rings. The fourth-order valence-corrected chi connectivity index (χ4v) is 10.4. The molecule has 14 nitrogen and oxygen atoms in total. The Morgan fingerprint density at radius 1 is 0.889 bits per heavy atom. The summed E-state index contributed by atoms with van der Waals surface area (Å²) < 4.78 is 111. The van der Waals surface area contributed by atoms with Crippen LogP contribution in [0.3, 0.4) is 0 Å². The third kappa shape index (κ3) is 9.39. The molecule has 0 radical (unpaired) electrons. The number of aryl methyl sites for hydroxylation is 1. The topological polar surface area (TPSA) is 125 Å². The maximum absolute atomic E-state index is 18.1. The second-order valence-corrected chi connectivity index (χ2v) is 18.9. The van der Waals surface area contributed by atoms with Crippen molar-refractivity contribution in [2.45, 2.75) is 96.5 Å². The van der Waals surface area contributed by atoms with Gasteiger partial charge in [0.25, 0.3) is 0 Å². The predicted octanol–water partition coefficient (Wildman–Crippen LogP) is 10.8. The number of aromatic nitrogens is 6. The zero-order valence-electron chi connectivity index (χ0n) is 41.0. The van der Waals surface area contributed by atoms with Gasteiger partial charge in [-0.2, -0.15) is 28.2 Å². The minimum Gasteiger partial charge on any atom is -0.497 e. The van der Waals surface area contributed by atoms with Crippen molar-refractivity contribution in [3.63, 3.8) is 0 Å². The fourth-order valence-electron chi connectivity index (χ4n) is 10.4. The van der Waals surface area contributed by atoms with Gasteiger partial charge in [-0.1, -0.05) is 24.3 Å². The number of methoxy groups -OCH3 is 2. The molecule has 0 N–H and O–H groups in total. The number of hydrogen-bond donors (Lipinski definition) is 0. The largest absolute Gasteiger partial charge is 0.497 e. The summed E-state index contributed by atoms with van der Waals surface area (Å²) in [4.78, 5) is 25.1. The number of alkyl halides is 3. The molecule has 7 heterocycles. The molecule has 1 unspecified atom stereocenters. The van der Waals surface area contributed by atoms with E-state index >= 15 is 22.0 Å². The number of likely N-dealkylation sites (N-methyl/N-ethyl adjacent to an activating group) is 1. The van der Waals surface area contributed by atoms with Gasteiger partial charge < -0.3 is 38.4 Å². The van der Waals surface area contributed by atoms with E-state index in [-0.39, 0.29) is 58.8 Å². The minimum absolute atomic E-state index is 0.0111. The highest BCUT2D eigenvalue weighted by molar-refractivity contribution is 6.02. The third-order valence-corrected chi connectivity index (χ3v) is 14.1. The highest BCUT2D eigenvalue weighted by atomic mass is 19.4. The number of likely N-dealkylation sites (tertiary alicyclic amines) is 1. The zero-order chi connectivity index (χ0) is 50.4. The number of ether oxygens (including phenoxy) is 5. The lowest BCUT2D eigenvalue weighted by atomic mass is 9.94. The molecule has 378 valence electrons. The van der Waals surface area contributed by atoms with Gasteiger partial charge in [-0.15, -0.1) is 0 Å². The number of benzene rings is 3. The summed E-state index contributed by atoms with van der Waals surface area (Å²) in [6.07, 6.45) is 1.14. The van der Waals surface area contributed by atoms with E-state index in [4.69, 9.17) is 33.7 Å². The highest BCUT2D eigenvalue weighted by Crippen LogP contribution is 2.49. The highest BCUT2D eigenvalue weighted by Gasteiger charge is 2.41. The van der Waals surface area contributed by atoms with Crippen LogP contribution in [0.15, 0.2) is 73.1 Å². The van der Waals surface area contributed by atoms with Crippen molar-refractivity contribution in [3.05, 3.63) is 113 Å². The molecule has 4 atom stereocenters. The Labute approximate surface area is 413 Å². The summed E-state index contributed by atoms with van der Waals surface area (Å²) in [5.74, 6) is 0.0725. The second-order valence-electron chi connectivity index (χ2n) is 18.9. The van der Waals surface area contributed by atoms with E-state index in [9.17, 15) is 0 Å². The fraction of sp³-hybridized carbons (Fsp3) is 0.415. The maximum Gasteiger partial charge on any atom is 0.417 e. The average molecular weight is 994 g/mol. The standard InChI is InChI=1S/C53H56F5N9O5/c1-30-22-41-40(25-60-67(41)42-11-7-8-21-70-42)43(45(30)53(56,57)58)47-46(55)48-44-50(63-52(62-48)72-29-36-10-9-20-64(36)4)66(31(2)28-71-51(44)61-47)32(3)39-23-35(54)24-59-49(39)65(26-33-12-16-37(68-5)17-13-33)27-34-14-18-38(69-6)19-15-34/h12-19,22-25,31-32,36,42H,7-11,20-21,26-29H2,1-6H3/t31-,32+,36-,42?/m0/s1. The van der Waals surface area contributed by atoms with Gasteiger partial charge in [-0.25, -0.2) is 23.4 Å². The van der Waals surface area contributed by atoms with Crippen LogP contribution in [0.25, 0.3) is 33.1 Å². The number of rotatable bonds is 14. The molecule has 0 saturated carbocycles. The van der Waals surface area contributed by atoms with Crippen LogP contribution < -0.4 is 28.7 Å². The normalized spacial score (nSPS) is 18.8. The monoisotopic (exact) mass is 993 g/mol. The first kappa shape index (κ1) is 48.8. The van der Waals surface area contributed by atoms with Crippen LogP contribution in [0.5, 0.6) is 23.4 Å². The maximum atomic E-state index is 18.1. The van der Waals surface area contributed by atoms with Gasteiger partial charge in [0.05, 0.1) is 49.8 Å². The van der Waals surface area contributed by atoms with Crippen molar-refractivity contribution in [3.8, 4) is 34.6 Å². The van der Waals surface area contributed by atoms with E-state index in [1.807, 2.05) is 79.2 Å². The lowest BCUT2D eigenvalue weighted by Gasteiger charge is -2.37. The van der Waals surface area contributed by atoms with Crippen molar-refractivity contribution in [2.75, 3.05) is 57.4 Å². The molecule has 4 aromatic heterocycles. The van der Waals surface area contributed by atoms with E-state index in [2.05, 4.69) is 20.0 Å². The molecule has 10 rings (SSSR count). The number of nitrogens with zero attached hydrogens (tertiary/aromatic N) is 9. The van der Waals surface area contributed by atoms with E-state index in [0.717, 1.165) is 43.4 Å². The summed E-state index contributed by atoms with van der Waals surface area (Å²) in [7, 11) is 5.19. The summed E-state index contributed by atoms with van der Waals surface area (Å²) in [5.41, 5.74) is -0.0243. The zero-order valence-corrected chi connectivity index (χ0v) is 41.0. The van der Waals surface area contributed by atoms with Crippen LogP contribution in [0.1, 0.15) is 86.0 Å². The lowest BCUT2D eigenvalue weighted by molar-refractivity contribution is -0.137. The Balaban J connectivity index is 1.15. The van der Waals surface area contributed by atoms with Crippen LogP contribution in [0, 0.1) is 18.6 Å². The second kappa shape index (κ2) is 20.0. The molecule has 3 aromatic carbocycles. The Kier molecular flexibility index (Phi) is 13.5. The molecule has 2 saturated heterocycles. The molecule has 0 amide bonds. The molecular formula is C53H56F5N9O5. The van der Waals surface area contributed by atoms with Crippen molar-refractivity contribution in [2.24, 2.45) is 0 Å². The van der Waals surface area contributed by atoms with Gasteiger partial charge in [0.2, 0.25) is 5.88 Å². The van der Waals surface area contributed by atoms with E-state index < -0.39 is 52.9 Å². The van der Waals surface area contributed by atoms with Crippen LogP contribution in [0.2, 0.25) is 0 Å².